The van der Waals surface area contributed by atoms with E-state index in [-0.39, 0.29) is 31.2 Å². The number of likely N-dealkylation sites (N-methyl/N-ethyl adjacent to an activating group) is 1. The Morgan fingerprint density at radius 3 is 2.51 bits per heavy atom. The van der Waals surface area contributed by atoms with Gasteiger partial charge in [-0.2, -0.15) is 18.4 Å². The van der Waals surface area contributed by atoms with Gasteiger partial charge in [0.2, 0.25) is 23.6 Å². The number of carbonyl (C=O) groups is 4. The zero-order valence-electron chi connectivity index (χ0n) is 21.1. The van der Waals surface area contributed by atoms with E-state index in [1.807, 2.05) is 13.8 Å². The first kappa shape index (κ1) is 28.0. The van der Waals surface area contributed by atoms with Crippen LogP contribution >= 0.6 is 0 Å². The number of para-hydroxylation sites is 1. The van der Waals surface area contributed by atoms with Crippen molar-refractivity contribution in [3.8, 4) is 6.07 Å². The average molecular weight is 522 g/mol. The van der Waals surface area contributed by atoms with Crippen LogP contribution in [0.1, 0.15) is 45.6 Å². The molecule has 1 aromatic rings. The molecule has 1 aromatic carbocycles. The molecule has 0 aliphatic carbocycles. The number of likely N-dealkylation sites (tertiary alicyclic amines) is 1. The Morgan fingerprint density at radius 1 is 1.27 bits per heavy atom. The van der Waals surface area contributed by atoms with Crippen molar-refractivity contribution in [1.29, 1.82) is 5.26 Å². The number of rotatable bonds is 7. The third-order valence-electron chi connectivity index (χ3n) is 6.94. The molecule has 37 heavy (non-hydrogen) atoms. The van der Waals surface area contributed by atoms with Gasteiger partial charge in [-0.1, -0.05) is 32.0 Å². The molecule has 1 saturated heterocycles. The summed E-state index contributed by atoms with van der Waals surface area (Å²) in [5.74, 6) is -2.90. The number of nitriles is 1. The molecule has 0 radical (unpaired) electrons. The lowest BCUT2D eigenvalue weighted by Crippen LogP contribution is -2.52. The fraction of sp³-hybridized carbons (Fsp3) is 0.560. The first-order valence-electron chi connectivity index (χ1n) is 11.9. The fourth-order valence-electron chi connectivity index (χ4n) is 4.86. The molecule has 9 nitrogen and oxygen atoms in total. The summed E-state index contributed by atoms with van der Waals surface area (Å²) in [6, 6.07) is 5.00. The first-order chi connectivity index (χ1) is 17.2. The molecule has 0 aromatic heterocycles. The molecule has 2 aliphatic rings. The van der Waals surface area contributed by atoms with Crippen LogP contribution in [0.3, 0.4) is 0 Å². The second-order valence-electron chi connectivity index (χ2n) is 10.1. The van der Waals surface area contributed by atoms with Crippen LogP contribution in [0.25, 0.3) is 0 Å². The van der Waals surface area contributed by atoms with Gasteiger partial charge >= 0.3 is 6.18 Å². The third kappa shape index (κ3) is 5.55. The van der Waals surface area contributed by atoms with Crippen LogP contribution in [0.4, 0.5) is 18.9 Å². The lowest BCUT2D eigenvalue weighted by atomic mass is 9.80. The quantitative estimate of drug-likeness (QED) is 0.534. The van der Waals surface area contributed by atoms with Crippen molar-refractivity contribution >= 4 is 29.3 Å². The van der Waals surface area contributed by atoms with E-state index in [9.17, 15) is 37.6 Å². The highest BCUT2D eigenvalue weighted by Crippen LogP contribution is 2.46. The van der Waals surface area contributed by atoms with E-state index in [0.717, 1.165) is 11.8 Å². The van der Waals surface area contributed by atoms with Gasteiger partial charge in [-0.05, 0) is 30.9 Å². The highest BCUT2D eigenvalue weighted by atomic mass is 19.4. The minimum atomic E-state index is -4.66. The second kappa shape index (κ2) is 10.4. The SMILES string of the molecule is CC(C)C[C@@H](C(=O)N1C[C@]2(C[C@H]1C#N)C(=O)Nc1ccccc12)N(C)C(=O)CC(=O)N[C@@H](C)C(F)(F)F. The van der Waals surface area contributed by atoms with E-state index >= 15 is 0 Å². The lowest BCUT2D eigenvalue weighted by Gasteiger charge is -2.33. The summed E-state index contributed by atoms with van der Waals surface area (Å²) in [6.45, 7) is 4.35. The Morgan fingerprint density at radius 2 is 1.92 bits per heavy atom. The number of fused-ring (bicyclic) bond motifs is 2. The maximum Gasteiger partial charge on any atom is 0.408 e. The molecule has 2 N–H and O–H groups in total. The van der Waals surface area contributed by atoms with Crippen LogP contribution in [0.2, 0.25) is 0 Å². The number of anilines is 1. The minimum absolute atomic E-state index is 0.0624. The fourth-order valence-corrected chi connectivity index (χ4v) is 4.86. The van der Waals surface area contributed by atoms with E-state index in [1.54, 1.807) is 29.6 Å². The molecule has 4 amide bonds. The molecule has 0 saturated carbocycles. The molecular formula is C25H30F3N5O4. The summed E-state index contributed by atoms with van der Waals surface area (Å²) in [6.07, 6.45) is -5.27. The van der Waals surface area contributed by atoms with Crippen molar-refractivity contribution in [3.05, 3.63) is 29.8 Å². The van der Waals surface area contributed by atoms with Crippen LogP contribution in [0, 0.1) is 17.2 Å². The van der Waals surface area contributed by atoms with Crippen LogP contribution in [-0.2, 0) is 24.6 Å². The largest absolute Gasteiger partial charge is 0.408 e. The molecule has 200 valence electrons. The summed E-state index contributed by atoms with van der Waals surface area (Å²) in [5.41, 5.74) is 0.199. The molecule has 12 heteroatoms. The summed E-state index contributed by atoms with van der Waals surface area (Å²) in [5, 5.41) is 14.4. The number of hydrogen-bond donors (Lipinski definition) is 2. The zero-order valence-corrected chi connectivity index (χ0v) is 21.1. The number of carbonyl (C=O) groups excluding carboxylic acids is 4. The smallest absolute Gasteiger partial charge is 0.344 e. The highest BCUT2D eigenvalue weighted by molar-refractivity contribution is 6.07. The Kier molecular flexibility index (Phi) is 7.86. The van der Waals surface area contributed by atoms with Crippen molar-refractivity contribution in [2.24, 2.45) is 5.92 Å². The summed E-state index contributed by atoms with van der Waals surface area (Å²) >= 11 is 0. The Balaban J connectivity index is 1.82. The van der Waals surface area contributed by atoms with E-state index < -0.39 is 53.9 Å². The molecule has 0 bridgehead atoms. The Bertz CT molecular complexity index is 1130. The topological polar surface area (TPSA) is 123 Å². The van der Waals surface area contributed by atoms with Crippen molar-refractivity contribution in [2.45, 2.75) is 69.8 Å². The van der Waals surface area contributed by atoms with Gasteiger partial charge in [0.15, 0.2) is 0 Å². The van der Waals surface area contributed by atoms with Gasteiger partial charge in [0.05, 0.1) is 11.5 Å². The number of nitrogens with zero attached hydrogens (tertiary/aromatic N) is 3. The summed E-state index contributed by atoms with van der Waals surface area (Å²) in [7, 11) is 1.30. The Hall–Kier alpha value is -3.62. The van der Waals surface area contributed by atoms with E-state index in [1.165, 1.54) is 11.9 Å². The zero-order chi connectivity index (χ0) is 27.7. The van der Waals surface area contributed by atoms with Crippen molar-refractivity contribution < 1.29 is 32.3 Å². The van der Waals surface area contributed by atoms with Gasteiger partial charge in [-0.15, -0.1) is 0 Å². The van der Waals surface area contributed by atoms with Gasteiger partial charge in [-0.25, -0.2) is 0 Å². The normalized spacial score (nSPS) is 22.3. The van der Waals surface area contributed by atoms with Gasteiger partial charge in [0.1, 0.15) is 24.5 Å². The monoisotopic (exact) mass is 521 g/mol. The van der Waals surface area contributed by atoms with Gasteiger partial charge in [-0.3, -0.25) is 19.2 Å². The van der Waals surface area contributed by atoms with Crippen LogP contribution in [-0.4, -0.2) is 71.3 Å². The molecule has 1 spiro atoms. The predicted octanol–water partition coefficient (Wildman–Crippen LogP) is 2.33. The number of amides is 4. The van der Waals surface area contributed by atoms with Crippen molar-refractivity contribution in [1.82, 2.24) is 15.1 Å². The second-order valence-corrected chi connectivity index (χ2v) is 10.1. The van der Waals surface area contributed by atoms with Gasteiger partial charge in [0.25, 0.3) is 0 Å². The van der Waals surface area contributed by atoms with Crippen LogP contribution < -0.4 is 10.6 Å². The van der Waals surface area contributed by atoms with E-state index in [2.05, 4.69) is 11.4 Å². The number of nitrogens with one attached hydrogen (secondary N) is 2. The van der Waals surface area contributed by atoms with E-state index in [0.29, 0.717) is 11.3 Å². The molecule has 2 heterocycles. The first-order valence-corrected chi connectivity index (χ1v) is 11.9. The lowest BCUT2D eigenvalue weighted by molar-refractivity contribution is -0.159. The van der Waals surface area contributed by atoms with E-state index in [4.69, 9.17) is 0 Å². The molecule has 1 fully saturated rings. The minimum Gasteiger partial charge on any atom is -0.344 e. The van der Waals surface area contributed by atoms with Crippen LogP contribution in [0.5, 0.6) is 0 Å². The maximum atomic E-state index is 13.7. The highest BCUT2D eigenvalue weighted by Gasteiger charge is 2.56. The summed E-state index contributed by atoms with van der Waals surface area (Å²) in [4.78, 5) is 54.0. The van der Waals surface area contributed by atoms with Crippen molar-refractivity contribution in [3.63, 3.8) is 0 Å². The standard InChI is InChI=1S/C25H30F3N5O4/c1-14(2)9-19(32(4)21(35)10-20(34)30-15(3)25(26,27)28)22(36)33-13-24(11-16(33)12-29)17-7-5-6-8-18(17)31-23(24)37/h5-8,14-16,19H,9-11,13H2,1-4H3,(H,30,34)(H,31,37)/t15-,16-,19-,24-/m0/s1. The molecule has 0 unspecified atom stereocenters. The molecule has 2 aliphatic heterocycles. The number of halogens is 3. The van der Waals surface area contributed by atoms with Gasteiger partial charge < -0.3 is 20.4 Å². The molecular weight excluding hydrogens is 491 g/mol. The van der Waals surface area contributed by atoms with Crippen molar-refractivity contribution in [2.75, 3.05) is 18.9 Å². The molecule has 3 rings (SSSR count). The third-order valence-corrected chi connectivity index (χ3v) is 6.94. The average Bonchev–Trinajstić information content (AvgIpc) is 3.34. The number of alkyl halides is 3. The van der Waals surface area contributed by atoms with Crippen LogP contribution in [0.15, 0.2) is 24.3 Å². The predicted molar refractivity (Wildman–Crippen MR) is 127 cm³/mol. The Labute approximate surface area is 213 Å². The number of benzene rings is 1. The summed E-state index contributed by atoms with van der Waals surface area (Å²) < 4.78 is 38.3. The molecule has 4 atom stereocenters. The van der Waals surface area contributed by atoms with Gasteiger partial charge in [0, 0.05) is 25.7 Å². The maximum absolute atomic E-state index is 13.7. The number of hydrogen-bond acceptors (Lipinski definition) is 5.